The number of carbonyl (C=O) groups excluding carboxylic acids is 1. The molecule has 0 aliphatic carbocycles. The molecule has 13 heavy (non-hydrogen) atoms. The fourth-order valence-corrected chi connectivity index (χ4v) is 0.851. The van der Waals surface area contributed by atoms with Crippen molar-refractivity contribution in [1.29, 1.82) is 0 Å². The van der Waals surface area contributed by atoms with Crippen LogP contribution in [0.5, 0.6) is 0 Å². The Labute approximate surface area is 77.7 Å². The van der Waals surface area contributed by atoms with Crippen molar-refractivity contribution in [2.75, 3.05) is 19.8 Å². The maximum Gasteiger partial charge on any atom is 0.407 e. The number of ether oxygens (including phenoxy) is 1. The highest BCUT2D eigenvalue weighted by Gasteiger charge is 2.06. The van der Waals surface area contributed by atoms with E-state index in [9.17, 15) is 4.79 Å². The average Bonchev–Trinajstić information content (AvgIpc) is 2.11. The van der Waals surface area contributed by atoms with Crippen molar-refractivity contribution in [3.8, 4) is 0 Å². The molecule has 0 aromatic carbocycles. The van der Waals surface area contributed by atoms with Crippen LogP contribution in [0.2, 0.25) is 0 Å². The van der Waals surface area contributed by atoms with Gasteiger partial charge in [0.25, 0.3) is 0 Å². The number of hydrogen-bond donors (Lipinski definition) is 3. The average molecular weight is 191 g/mol. The fourth-order valence-electron chi connectivity index (χ4n) is 0.851. The van der Waals surface area contributed by atoms with Gasteiger partial charge in [-0.05, 0) is 19.8 Å². The topological polar surface area (TPSA) is 78.8 Å². The minimum atomic E-state index is -0.528. The molecule has 1 amide bonds. The summed E-state index contributed by atoms with van der Waals surface area (Å²) in [5.41, 5.74) is 0. The van der Waals surface area contributed by atoms with Crippen LogP contribution in [0.4, 0.5) is 4.79 Å². The van der Waals surface area contributed by atoms with E-state index in [1.54, 1.807) is 0 Å². The van der Waals surface area contributed by atoms with E-state index in [2.05, 4.69) is 10.1 Å². The van der Waals surface area contributed by atoms with Crippen molar-refractivity contribution in [3.05, 3.63) is 0 Å². The molecule has 0 aromatic rings. The van der Waals surface area contributed by atoms with Crippen molar-refractivity contribution in [1.82, 2.24) is 5.32 Å². The van der Waals surface area contributed by atoms with Gasteiger partial charge in [0.2, 0.25) is 0 Å². The highest BCUT2D eigenvalue weighted by molar-refractivity contribution is 5.67. The molecule has 5 heteroatoms. The summed E-state index contributed by atoms with van der Waals surface area (Å²) in [4.78, 5) is 10.9. The zero-order chi connectivity index (χ0) is 10.1. The lowest BCUT2D eigenvalue weighted by molar-refractivity contribution is 0.116. The van der Waals surface area contributed by atoms with E-state index < -0.39 is 6.09 Å². The zero-order valence-electron chi connectivity index (χ0n) is 7.82. The van der Waals surface area contributed by atoms with Gasteiger partial charge in [-0.1, -0.05) is 0 Å². The van der Waals surface area contributed by atoms with Gasteiger partial charge in [-0.3, -0.25) is 0 Å². The molecular formula is C8H17NO4. The van der Waals surface area contributed by atoms with E-state index in [0.717, 1.165) is 0 Å². The van der Waals surface area contributed by atoms with Gasteiger partial charge in [0.1, 0.15) is 6.61 Å². The summed E-state index contributed by atoms with van der Waals surface area (Å²) in [7, 11) is 0. The lowest BCUT2D eigenvalue weighted by atomic mass is 10.2. The quantitative estimate of drug-likeness (QED) is 0.546. The number of rotatable bonds is 6. The first-order valence-corrected chi connectivity index (χ1v) is 4.35. The van der Waals surface area contributed by atoms with Gasteiger partial charge >= 0.3 is 6.09 Å². The van der Waals surface area contributed by atoms with Crippen LogP contribution in [0.1, 0.15) is 19.8 Å². The van der Waals surface area contributed by atoms with Crippen molar-refractivity contribution in [2.24, 2.45) is 0 Å². The number of amides is 1. The summed E-state index contributed by atoms with van der Waals surface area (Å²) >= 11 is 0. The maximum atomic E-state index is 10.9. The molecule has 0 spiro atoms. The van der Waals surface area contributed by atoms with E-state index in [1.807, 2.05) is 6.92 Å². The Bertz CT molecular complexity index is 140. The first-order valence-electron chi connectivity index (χ1n) is 4.35. The normalized spacial score (nSPS) is 12.2. The lowest BCUT2D eigenvalue weighted by Gasteiger charge is -2.12. The highest BCUT2D eigenvalue weighted by atomic mass is 16.6. The summed E-state index contributed by atoms with van der Waals surface area (Å²) in [5.74, 6) is 0. The molecule has 0 bridgehead atoms. The lowest BCUT2D eigenvalue weighted by Crippen LogP contribution is -2.33. The second-order valence-electron chi connectivity index (χ2n) is 2.77. The molecule has 0 aromatic heterocycles. The predicted molar refractivity (Wildman–Crippen MR) is 47.4 cm³/mol. The summed E-state index contributed by atoms with van der Waals surface area (Å²) < 4.78 is 4.58. The number of hydrogen-bond acceptors (Lipinski definition) is 4. The molecular weight excluding hydrogens is 174 g/mol. The van der Waals surface area contributed by atoms with Crippen LogP contribution < -0.4 is 5.32 Å². The van der Waals surface area contributed by atoms with Crippen molar-refractivity contribution in [3.63, 3.8) is 0 Å². The van der Waals surface area contributed by atoms with Gasteiger partial charge in [0.05, 0.1) is 6.61 Å². The van der Waals surface area contributed by atoms with E-state index in [-0.39, 0.29) is 25.9 Å². The number of aliphatic hydroxyl groups excluding tert-OH is 2. The van der Waals surface area contributed by atoms with Gasteiger partial charge in [0.15, 0.2) is 0 Å². The van der Waals surface area contributed by atoms with Crippen LogP contribution >= 0.6 is 0 Å². The Morgan fingerprint density at radius 1 is 1.46 bits per heavy atom. The molecule has 0 aliphatic rings. The van der Waals surface area contributed by atoms with Crippen molar-refractivity contribution >= 4 is 6.09 Å². The van der Waals surface area contributed by atoms with Crippen LogP contribution in [-0.2, 0) is 4.74 Å². The highest BCUT2D eigenvalue weighted by Crippen LogP contribution is 1.95. The third kappa shape index (κ3) is 7.55. The Hall–Kier alpha value is -0.810. The molecule has 0 heterocycles. The molecule has 78 valence electrons. The summed E-state index contributed by atoms with van der Waals surface area (Å²) in [6.45, 7) is 1.80. The van der Waals surface area contributed by atoms with Crippen LogP contribution in [-0.4, -0.2) is 42.2 Å². The number of carbonyl (C=O) groups is 1. The first kappa shape index (κ1) is 12.2. The fraction of sp³-hybridized carbons (Fsp3) is 0.875. The summed E-state index contributed by atoms with van der Waals surface area (Å²) in [6, 6.07) is -0.0154. The molecule has 0 aliphatic heterocycles. The number of alkyl carbamates (subject to hydrolysis) is 1. The van der Waals surface area contributed by atoms with Gasteiger partial charge < -0.3 is 20.3 Å². The third-order valence-corrected chi connectivity index (χ3v) is 1.48. The van der Waals surface area contributed by atoms with E-state index in [0.29, 0.717) is 12.8 Å². The van der Waals surface area contributed by atoms with E-state index in [4.69, 9.17) is 10.2 Å². The SMILES string of the molecule is CC(CCCO)NC(=O)OCCO. The van der Waals surface area contributed by atoms with Crippen molar-refractivity contribution in [2.45, 2.75) is 25.8 Å². The molecule has 3 N–H and O–H groups in total. The van der Waals surface area contributed by atoms with E-state index in [1.165, 1.54) is 0 Å². The molecule has 0 saturated heterocycles. The van der Waals surface area contributed by atoms with Gasteiger partial charge in [-0.2, -0.15) is 0 Å². The van der Waals surface area contributed by atoms with Gasteiger partial charge in [0, 0.05) is 12.6 Å². The van der Waals surface area contributed by atoms with Crippen LogP contribution in [0, 0.1) is 0 Å². The Kier molecular flexibility index (Phi) is 7.33. The van der Waals surface area contributed by atoms with Crippen molar-refractivity contribution < 1.29 is 19.7 Å². The van der Waals surface area contributed by atoms with Crippen LogP contribution in [0.25, 0.3) is 0 Å². The number of nitrogens with one attached hydrogen (secondary N) is 1. The number of aliphatic hydroxyl groups is 2. The first-order chi connectivity index (χ1) is 6.20. The second kappa shape index (κ2) is 7.82. The standard InChI is InChI=1S/C8H17NO4/c1-7(3-2-4-10)9-8(12)13-6-5-11/h7,10-11H,2-6H2,1H3,(H,9,12). The Morgan fingerprint density at radius 3 is 2.69 bits per heavy atom. The summed E-state index contributed by atoms with van der Waals surface area (Å²) in [5, 5.41) is 19.4. The largest absolute Gasteiger partial charge is 0.447 e. The van der Waals surface area contributed by atoms with E-state index >= 15 is 0 Å². The van der Waals surface area contributed by atoms with Crippen LogP contribution in [0.15, 0.2) is 0 Å². The second-order valence-corrected chi connectivity index (χ2v) is 2.77. The molecule has 0 saturated carbocycles. The van der Waals surface area contributed by atoms with Gasteiger partial charge in [-0.15, -0.1) is 0 Å². The predicted octanol–water partition coefficient (Wildman–Crippen LogP) is -0.134. The minimum Gasteiger partial charge on any atom is -0.447 e. The molecule has 5 nitrogen and oxygen atoms in total. The molecule has 0 radical (unpaired) electrons. The zero-order valence-corrected chi connectivity index (χ0v) is 7.82. The van der Waals surface area contributed by atoms with Gasteiger partial charge in [-0.25, -0.2) is 4.79 Å². The summed E-state index contributed by atoms with van der Waals surface area (Å²) in [6.07, 6.45) is 0.839. The monoisotopic (exact) mass is 191 g/mol. The molecule has 0 fully saturated rings. The molecule has 1 atom stereocenters. The smallest absolute Gasteiger partial charge is 0.407 e. The molecule has 1 unspecified atom stereocenters. The molecule has 0 rings (SSSR count). The minimum absolute atomic E-state index is 0.0125. The van der Waals surface area contributed by atoms with Crippen LogP contribution in [0.3, 0.4) is 0 Å². The third-order valence-electron chi connectivity index (χ3n) is 1.48. The maximum absolute atomic E-state index is 10.9. The Balaban J connectivity index is 3.41. The Morgan fingerprint density at radius 2 is 2.15 bits per heavy atom.